The summed E-state index contributed by atoms with van der Waals surface area (Å²) in [7, 11) is -3.35. The molecule has 0 radical (unpaired) electrons. The van der Waals surface area contributed by atoms with Crippen LogP contribution in [0.4, 0.5) is 15.8 Å². The van der Waals surface area contributed by atoms with Crippen molar-refractivity contribution < 1.29 is 12.8 Å². The fourth-order valence-electron chi connectivity index (χ4n) is 6.10. The van der Waals surface area contributed by atoms with Crippen molar-refractivity contribution in [3.05, 3.63) is 94.8 Å². The molecule has 0 bridgehead atoms. The van der Waals surface area contributed by atoms with Gasteiger partial charge in [-0.3, -0.25) is 0 Å². The van der Waals surface area contributed by atoms with Gasteiger partial charge in [0.2, 0.25) is 10.0 Å². The highest BCUT2D eigenvalue weighted by molar-refractivity contribution is 7.89. The van der Waals surface area contributed by atoms with E-state index in [9.17, 15) is 12.8 Å². The first-order valence-electron chi connectivity index (χ1n) is 12.4. The Balaban J connectivity index is 1.55. The van der Waals surface area contributed by atoms with Gasteiger partial charge in [0, 0.05) is 47.6 Å². The number of piperidine rings is 1. The maximum Gasteiger partial charge on any atom is 0.214 e. The van der Waals surface area contributed by atoms with Crippen molar-refractivity contribution in [1.82, 2.24) is 4.31 Å². The highest BCUT2D eigenvalue weighted by atomic mass is 32.2. The van der Waals surface area contributed by atoms with Crippen LogP contribution < -0.4 is 5.32 Å². The summed E-state index contributed by atoms with van der Waals surface area (Å²) in [6.07, 6.45) is 1.32. The number of nitrogens with zero attached hydrogens (tertiary/aromatic N) is 1. The average Bonchev–Trinajstić information content (AvgIpc) is 3.28. The second-order valence-corrected chi connectivity index (χ2v) is 12.5. The third kappa shape index (κ3) is 4.24. The van der Waals surface area contributed by atoms with Crippen LogP contribution in [-0.2, 0) is 15.4 Å². The van der Waals surface area contributed by atoms with Crippen molar-refractivity contribution in [1.29, 1.82) is 5.41 Å². The number of hydrogen-bond acceptors (Lipinski definition) is 4. The first kappa shape index (κ1) is 24.7. The fourth-order valence-corrected chi connectivity index (χ4v) is 7.95. The van der Waals surface area contributed by atoms with Crippen LogP contribution in [0.15, 0.2) is 66.7 Å². The van der Waals surface area contributed by atoms with Crippen LogP contribution >= 0.6 is 0 Å². The van der Waals surface area contributed by atoms with Gasteiger partial charge in [0.05, 0.1) is 5.75 Å². The molecular weight excluding hydrogens is 473 g/mol. The number of rotatable bonds is 8. The molecule has 7 heteroatoms. The summed E-state index contributed by atoms with van der Waals surface area (Å²) in [6, 6.07) is 20.5. The molecule has 0 amide bonds. The molecule has 1 saturated carbocycles. The Morgan fingerprint density at radius 1 is 1.14 bits per heavy atom. The van der Waals surface area contributed by atoms with Gasteiger partial charge in [-0.1, -0.05) is 44.2 Å². The van der Waals surface area contributed by atoms with Gasteiger partial charge in [-0.2, -0.15) is 0 Å². The standard InChI is InChI=1S/C29H32FN3O2S/c1-19(2)17-36(34,35)33-16-26-28(21-7-5-4-6-8-21)29(26,18-33)25-14-22(15-31)27(13-20(25)3)32-24-11-9-23(30)10-12-24/h4-15,19,26,28,31-32H,16-18H2,1-3H3/t26-,28-,29+/m0/s1. The highest BCUT2D eigenvalue weighted by Gasteiger charge is 2.71. The first-order chi connectivity index (χ1) is 17.2. The van der Waals surface area contributed by atoms with Gasteiger partial charge in [0.1, 0.15) is 5.82 Å². The van der Waals surface area contributed by atoms with Crippen LogP contribution in [0.5, 0.6) is 0 Å². The molecule has 1 saturated heterocycles. The number of hydrogen-bond donors (Lipinski definition) is 2. The molecule has 2 fully saturated rings. The second kappa shape index (κ2) is 9.12. The zero-order valence-electron chi connectivity index (χ0n) is 20.8. The summed E-state index contributed by atoms with van der Waals surface area (Å²) in [5.41, 5.74) is 5.29. The monoisotopic (exact) mass is 505 g/mol. The summed E-state index contributed by atoms with van der Waals surface area (Å²) in [4.78, 5) is 0. The largest absolute Gasteiger partial charge is 0.355 e. The minimum absolute atomic E-state index is 0.0656. The number of nitrogens with one attached hydrogen (secondary N) is 2. The molecule has 0 spiro atoms. The summed E-state index contributed by atoms with van der Waals surface area (Å²) in [5, 5.41) is 11.4. The van der Waals surface area contributed by atoms with Crippen LogP contribution in [0.3, 0.4) is 0 Å². The molecule has 3 atom stereocenters. The van der Waals surface area contributed by atoms with Crippen molar-refractivity contribution in [2.24, 2.45) is 11.8 Å². The number of anilines is 2. The topological polar surface area (TPSA) is 73.3 Å². The van der Waals surface area contributed by atoms with Gasteiger partial charge in [0.25, 0.3) is 0 Å². The molecule has 3 aromatic rings. The van der Waals surface area contributed by atoms with Crippen LogP contribution in [0.1, 0.15) is 42.0 Å². The predicted octanol–water partition coefficient (Wildman–Crippen LogP) is 5.83. The Morgan fingerprint density at radius 3 is 2.47 bits per heavy atom. The molecule has 2 aliphatic rings. The van der Waals surface area contributed by atoms with Crippen molar-refractivity contribution in [2.45, 2.75) is 32.1 Å². The molecule has 5 rings (SSSR count). The lowest BCUT2D eigenvalue weighted by atomic mass is 9.86. The Labute approximate surface area is 212 Å². The van der Waals surface area contributed by atoms with E-state index < -0.39 is 10.0 Å². The maximum atomic E-state index is 13.4. The van der Waals surface area contributed by atoms with E-state index in [-0.39, 0.29) is 34.7 Å². The van der Waals surface area contributed by atoms with E-state index in [1.165, 1.54) is 23.9 Å². The van der Waals surface area contributed by atoms with E-state index in [2.05, 4.69) is 24.4 Å². The Kier molecular flexibility index (Phi) is 6.25. The van der Waals surface area contributed by atoms with Crippen LogP contribution in [0.25, 0.3) is 0 Å². The van der Waals surface area contributed by atoms with Crippen LogP contribution in [0.2, 0.25) is 0 Å². The first-order valence-corrected chi connectivity index (χ1v) is 14.0. The van der Waals surface area contributed by atoms with Gasteiger partial charge in [-0.05, 0) is 71.8 Å². The van der Waals surface area contributed by atoms with Crippen molar-refractivity contribution in [3.63, 3.8) is 0 Å². The minimum Gasteiger partial charge on any atom is -0.355 e. The number of fused-ring (bicyclic) bond motifs is 1. The van der Waals surface area contributed by atoms with E-state index in [0.29, 0.717) is 13.1 Å². The summed E-state index contributed by atoms with van der Waals surface area (Å²) in [5.74, 6) is 0.337. The van der Waals surface area contributed by atoms with Crippen LogP contribution in [0, 0.1) is 30.0 Å². The van der Waals surface area contributed by atoms with Gasteiger partial charge < -0.3 is 10.7 Å². The highest BCUT2D eigenvalue weighted by Crippen LogP contribution is 2.70. The quantitative estimate of drug-likeness (QED) is 0.379. The third-order valence-electron chi connectivity index (χ3n) is 7.62. The second-order valence-electron chi connectivity index (χ2n) is 10.5. The van der Waals surface area contributed by atoms with Gasteiger partial charge >= 0.3 is 0 Å². The predicted molar refractivity (Wildman–Crippen MR) is 143 cm³/mol. The van der Waals surface area contributed by atoms with Crippen molar-refractivity contribution >= 4 is 27.6 Å². The molecule has 188 valence electrons. The van der Waals surface area contributed by atoms with Crippen LogP contribution in [-0.4, -0.2) is 37.8 Å². The Bertz CT molecular complexity index is 1390. The Morgan fingerprint density at radius 2 is 1.83 bits per heavy atom. The average molecular weight is 506 g/mol. The molecule has 3 aromatic carbocycles. The lowest BCUT2D eigenvalue weighted by Gasteiger charge is -2.26. The van der Waals surface area contributed by atoms with Crippen molar-refractivity contribution in [2.75, 3.05) is 24.2 Å². The number of halogens is 1. The van der Waals surface area contributed by atoms with E-state index >= 15 is 0 Å². The molecule has 2 N–H and O–H groups in total. The number of aryl methyl sites for hydroxylation is 1. The molecule has 0 unspecified atom stereocenters. The zero-order valence-corrected chi connectivity index (χ0v) is 21.6. The van der Waals surface area contributed by atoms with Gasteiger partial charge in [-0.15, -0.1) is 0 Å². The molecule has 0 aromatic heterocycles. The third-order valence-corrected chi connectivity index (χ3v) is 9.77. The number of sulfonamides is 1. The lowest BCUT2D eigenvalue weighted by Crippen LogP contribution is -2.37. The smallest absolute Gasteiger partial charge is 0.214 e. The summed E-state index contributed by atoms with van der Waals surface area (Å²) >= 11 is 0. The maximum absolute atomic E-state index is 13.4. The molecule has 1 aliphatic heterocycles. The van der Waals surface area contributed by atoms with Gasteiger partial charge in [0.15, 0.2) is 0 Å². The Hall–Kier alpha value is -3.03. The van der Waals surface area contributed by atoms with E-state index in [1.54, 1.807) is 16.4 Å². The molecule has 36 heavy (non-hydrogen) atoms. The number of benzene rings is 3. The summed E-state index contributed by atoms with van der Waals surface area (Å²) < 4.78 is 41.4. The molecular formula is C29H32FN3O2S. The summed E-state index contributed by atoms with van der Waals surface area (Å²) in [6.45, 7) is 6.89. The van der Waals surface area contributed by atoms with E-state index in [0.717, 1.165) is 28.1 Å². The van der Waals surface area contributed by atoms with E-state index in [1.807, 2.05) is 44.2 Å². The SMILES string of the molecule is Cc1cc(Nc2ccc(F)cc2)c(C=N)cc1[C@]12CN(S(=O)(=O)CC(C)C)C[C@H]1[C@@H]2c1ccccc1. The fraction of sp³-hybridized carbons (Fsp3) is 0.345. The van der Waals surface area contributed by atoms with E-state index in [4.69, 9.17) is 5.41 Å². The van der Waals surface area contributed by atoms with Gasteiger partial charge in [-0.25, -0.2) is 17.1 Å². The zero-order chi connectivity index (χ0) is 25.7. The molecule has 5 nitrogen and oxygen atoms in total. The normalized spacial score (nSPS) is 23.5. The minimum atomic E-state index is -3.35. The lowest BCUT2D eigenvalue weighted by molar-refractivity contribution is 0.417. The molecule has 1 aliphatic carbocycles. The molecule has 1 heterocycles. The van der Waals surface area contributed by atoms with Crippen molar-refractivity contribution in [3.8, 4) is 0 Å².